The van der Waals surface area contributed by atoms with Gasteiger partial charge in [-0.3, -0.25) is 4.99 Å². The second kappa shape index (κ2) is 4.84. The maximum absolute atomic E-state index is 8.95. The molecule has 0 saturated heterocycles. The minimum Gasteiger partial charge on any atom is -0.292 e. The molecule has 0 saturated carbocycles. The predicted molar refractivity (Wildman–Crippen MR) is 59.9 cm³/mol. The fourth-order valence-corrected chi connectivity index (χ4v) is 0.898. The van der Waals surface area contributed by atoms with Gasteiger partial charge in [0.05, 0.1) is 12.1 Å². The van der Waals surface area contributed by atoms with E-state index in [0.29, 0.717) is 5.82 Å². The van der Waals surface area contributed by atoms with Gasteiger partial charge in [0.1, 0.15) is 5.92 Å². The molecule has 2 atom stereocenters. The van der Waals surface area contributed by atoms with Crippen molar-refractivity contribution in [3.05, 3.63) is 5.82 Å². The SMILES string of the molecule is C[C@@H](N=CC(C#N)c1nn[nH]n1)C(C)(C)C. The highest BCUT2D eigenvalue weighted by Gasteiger charge is 2.20. The van der Waals surface area contributed by atoms with Crippen molar-refractivity contribution in [1.82, 2.24) is 20.6 Å². The molecule has 1 rings (SSSR count). The molecule has 1 N–H and O–H groups in total. The molecule has 0 aliphatic rings. The van der Waals surface area contributed by atoms with Crippen LogP contribution in [-0.4, -0.2) is 32.9 Å². The first-order chi connectivity index (χ1) is 7.45. The molecule has 0 aromatic carbocycles. The van der Waals surface area contributed by atoms with Crippen LogP contribution in [0.5, 0.6) is 0 Å². The summed E-state index contributed by atoms with van der Waals surface area (Å²) in [5, 5.41) is 22.2. The fraction of sp³-hybridized carbons (Fsp3) is 0.700. The molecule has 1 aromatic heterocycles. The second-order valence-corrected chi connectivity index (χ2v) is 4.72. The van der Waals surface area contributed by atoms with Crippen LogP contribution in [0, 0.1) is 16.7 Å². The highest BCUT2D eigenvalue weighted by Crippen LogP contribution is 2.21. The van der Waals surface area contributed by atoms with E-state index in [4.69, 9.17) is 5.26 Å². The molecule has 0 aliphatic carbocycles. The zero-order chi connectivity index (χ0) is 12.2. The topological polar surface area (TPSA) is 90.6 Å². The van der Waals surface area contributed by atoms with E-state index >= 15 is 0 Å². The van der Waals surface area contributed by atoms with Gasteiger partial charge in [0.2, 0.25) is 0 Å². The number of nitrogens with zero attached hydrogens (tertiary/aromatic N) is 5. The van der Waals surface area contributed by atoms with E-state index in [-0.39, 0.29) is 11.5 Å². The number of aromatic nitrogens is 4. The summed E-state index contributed by atoms with van der Waals surface area (Å²) in [6, 6.07) is 2.21. The summed E-state index contributed by atoms with van der Waals surface area (Å²) in [6.45, 7) is 8.32. The first-order valence-electron chi connectivity index (χ1n) is 5.11. The number of tetrazole rings is 1. The number of aromatic amines is 1. The van der Waals surface area contributed by atoms with Crippen LogP contribution in [0.3, 0.4) is 0 Å². The zero-order valence-corrected chi connectivity index (χ0v) is 9.97. The van der Waals surface area contributed by atoms with Gasteiger partial charge in [0, 0.05) is 6.21 Å². The van der Waals surface area contributed by atoms with E-state index in [9.17, 15) is 0 Å². The van der Waals surface area contributed by atoms with Crippen molar-refractivity contribution in [2.75, 3.05) is 0 Å². The van der Waals surface area contributed by atoms with E-state index in [1.807, 2.05) is 6.92 Å². The van der Waals surface area contributed by atoms with Gasteiger partial charge in [0.25, 0.3) is 0 Å². The number of nitrogens with one attached hydrogen (secondary N) is 1. The lowest BCUT2D eigenvalue weighted by Crippen LogP contribution is -2.21. The number of aliphatic imine (C=N–C) groups is 1. The molecule has 6 heteroatoms. The van der Waals surface area contributed by atoms with E-state index in [2.05, 4.69) is 52.5 Å². The molecule has 1 aromatic rings. The molecule has 1 heterocycles. The first-order valence-corrected chi connectivity index (χ1v) is 5.11. The Bertz CT molecular complexity index is 380. The number of H-pyrrole nitrogens is 1. The van der Waals surface area contributed by atoms with Gasteiger partial charge in [-0.1, -0.05) is 26.0 Å². The molecule has 86 valence electrons. The van der Waals surface area contributed by atoms with Crippen LogP contribution in [0.25, 0.3) is 0 Å². The maximum Gasteiger partial charge on any atom is 0.197 e. The molecule has 1 unspecified atom stereocenters. The summed E-state index contributed by atoms with van der Waals surface area (Å²) in [4.78, 5) is 4.35. The Hall–Kier alpha value is -1.77. The van der Waals surface area contributed by atoms with Gasteiger partial charge >= 0.3 is 0 Å². The summed E-state index contributed by atoms with van der Waals surface area (Å²) in [5.41, 5.74) is 0.0771. The highest BCUT2D eigenvalue weighted by atomic mass is 15.5. The molecule has 6 nitrogen and oxygen atoms in total. The van der Waals surface area contributed by atoms with Crippen LogP contribution in [-0.2, 0) is 0 Å². The summed E-state index contributed by atoms with van der Waals surface area (Å²) >= 11 is 0. The average molecular weight is 220 g/mol. The quantitative estimate of drug-likeness (QED) is 0.777. The van der Waals surface area contributed by atoms with Crippen molar-refractivity contribution < 1.29 is 0 Å². The Labute approximate surface area is 94.8 Å². The molecule has 16 heavy (non-hydrogen) atoms. The number of nitriles is 1. The van der Waals surface area contributed by atoms with Crippen LogP contribution in [0.15, 0.2) is 4.99 Å². The van der Waals surface area contributed by atoms with E-state index < -0.39 is 5.92 Å². The highest BCUT2D eigenvalue weighted by molar-refractivity contribution is 5.70. The van der Waals surface area contributed by atoms with Gasteiger partial charge in [0.15, 0.2) is 5.82 Å². The Morgan fingerprint density at radius 3 is 2.62 bits per heavy atom. The number of rotatable bonds is 3. The summed E-state index contributed by atoms with van der Waals surface area (Å²) in [6.07, 6.45) is 1.58. The van der Waals surface area contributed by atoms with Crippen LogP contribution < -0.4 is 0 Å². The van der Waals surface area contributed by atoms with Gasteiger partial charge < -0.3 is 0 Å². The summed E-state index contributed by atoms with van der Waals surface area (Å²) in [5.74, 6) is -0.184. The third kappa shape index (κ3) is 3.12. The Morgan fingerprint density at radius 1 is 1.50 bits per heavy atom. The fourth-order valence-electron chi connectivity index (χ4n) is 0.898. The maximum atomic E-state index is 8.95. The number of hydrogen-bond acceptors (Lipinski definition) is 5. The van der Waals surface area contributed by atoms with Gasteiger partial charge in [-0.2, -0.15) is 10.5 Å². The van der Waals surface area contributed by atoms with Crippen molar-refractivity contribution in [2.45, 2.75) is 39.7 Å². The average Bonchev–Trinajstić information content (AvgIpc) is 2.70. The largest absolute Gasteiger partial charge is 0.292 e. The predicted octanol–water partition coefficient (Wildman–Crippen LogP) is 1.31. The second-order valence-electron chi connectivity index (χ2n) is 4.72. The van der Waals surface area contributed by atoms with E-state index in [1.165, 1.54) is 0 Å². The third-order valence-corrected chi connectivity index (χ3v) is 2.49. The molecular weight excluding hydrogens is 204 g/mol. The molecule has 0 fully saturated rings. The minimum atomic E-state index is -0.538. The van der Waals surface area contributed by atoms with Crippen LogP contribution in [0.4, 0.5) is 0 Å². The number of hydrogen-bond donors (Lipinski definition) is 1. The van der Waals surface area contributed by atoms with Crippen molar-refractivity contribution in [2.24, 2.45) is 10.4 Å². The molecule has 0 aliphatic heterocycles. The van der Waals surface area contributed by atoms with Gasteiger partial charge in [-0.25, -0.2) is 0 Å². The molecular formula is C10H16N6. The Morgan fingerprint density at radius 2 is 2.19 bits per heavy atom. The minimum absolute atomic E-state index is 0.0771. The van der Waals surface area contributed by atoms with Crippen molar-refractivity contribution in [1.29, 1.82) is 5.26 Å². The first kappa shape index (κ1) is 12.3. The van der Waals surface area contributed by atoms with E-state index in [1.54, 1.807) is 6.21 Å². The monoisotopic (exact) mass is 220 g/mol. The van der Waals surface area contributed by atoms with Crippen molar-refractivity contribution in [3.8, 4) is 6.07 Å². The lowest BCUT2D eigenvalue weighted by atomic mass is 9.88. The Kier molecular flexibility index (Phi) is 3.72. The van der Waals surface area contributed by atoms with Crippen molar-refractivity contribution in [3.63, 3.8) is 0 Å². The molecule has 0 radical (unpaired) electrons. The molecule has 0 bridgehead atoms. The summed E-state index contributed by atoms with van der Waals surface area (Å²) < 4.78 is 0. The van der Waals surface area contributed by atoms with Gasteiger partial charge in [-0.15, -0.1) is 10.2 Å². The van der Waals surface area contributed by atoms with Crippen molar-refractivity contribution >= 4 is 6.21 Å². The normalized spacial score (nSPS) is 15.9. The lowest BCUT2D eigenvalue weighted by molar-refractivity contribution is 0.342. The van der Waals surface area contributed by atoms with E-state index in [0.717, 1.165) is 0 Å². The van der Waals surface area contributed by atoms with Gasteiger partial charge in [-0.05, 0) is 12.3 Å². The smallest absolute Gasteiger partial charge is 0.197 e. The molecule has 0 spiro atoms. The van der Waals surface area contributed by atoms with Crippen LogP contribution in [0.2, 0.25) is 0 Å². The van der Waals surface area contributed by atoms with Crippen LogP contribution >= 0.6 is 0 Å². The lowest BCUT2D eigenvalue weighted by Gasteiger charge is -2.23. The standard InChI is InChI=1S/C10H16N6/c1-7(10(2,3)4)12-6-8(5-11)9-13-15-16-14-9/h6-8H,1-4H3,(H,13,14,15,16)/t7-,8?/m1/s1. The Balaban J connectivity index is 2.73. The zero-order valence-electron chi connectivity index (χ0n) is 9.97. The third-order valence-electron chi connectivity index (χ3n) is 2.49. The molecule has 0 amide bonds. The summed E-state index contributed by atoms with van der Waals surface area (Å²) in [7, 11) is 0. The van der Waals surface area contributed by atoms with Crippen LogP contribution in [0.1, 0.15) is 39.4 Å².